The second-order valence-corrected chi connectivity index (χ2v) is 8.06. The molecule has 3 amide bonds. The van der Waals surface area contributed by atoms with Gasteiger partial charge in [0.1, 0.15) is 12.1 Å². The number of aliphatic carboxylic acids is 1. The van der Waals surface area contributed by atoms with Crippen LogP contribution in [0, 0.1) is 5.92 Å². The fraction of sp³-hybridized carbons (Fsp3) is 0.778. The van der Waals surface area contributed by atoms with Crippen LogP contribution in [0.15, 0.2) is 0 Å². The number of hydrogen-bond acceptors (Lipinski definition) is 7. The molecular weight excluding hydrogens is 398 g/mol. The minimum absolute atomic E-state index is 0.306. The normalized spacial score (nSPS) is 14.0. The van der Waals surface area contributed by atoms with Gasteiger partial charge < -0.3 is 32.5 Å². The fourth-order valence-corrected chi connectivity index (χ4v) is 2.94. The second-order valence-electron chi connectivity index (χ2n) is 7.08. The Morgan fingerprint density at radius 3 is 2.21 bits per heavy atom. The van der Waals surface area contributed by atoms with Gasteiger partial charge in [-0.05, 0) is 50.2 Å². The molecule has 0 saturated carbocycles. The summed E-state index contributed by atoms with van der Waals surface area (Å²) in [7, 11) is 0. The van der Waals surface area contributed by atoms with Crippen molar-refractivity contribution in [1.82, 2.24) is 16.0 Å². The standard InChI is InChI=1S/C18H35N5O5S/c1-11(2)15(18(27)28)23-17(26)13(6-4-5-8-19)22-14(24)10-21-16(25)12(20)7-9-29-3/h11-13,15H,4-10,19-20H2,1-3H3,(H,21,25)(H,22,24)(H,23,26)(H,27,28). The van der Waals surface area contributed by atoms with Gasteiger partial charge in [0.2, 0.25) is 17.7 Å². The minimum Gasteiger partial charge on any atom is -0.480 e. The Morgan fingerprint density at radius 1 is 1.03 bits per heavy atom. The molecule has 0 saturated heterocycles. The highest BCUT2D eigenvalue weighted by Crippen LogP contribution is 2.06. The molecule has 0 aromatic carbocycles. The molecule has 29 heavy (non-hydrogen) atoms. The van der Waals surface area contributed by atoms with Crippen molar-refractivity contribution in [3.05, 3.63) is 0 Å². The number of nitrogens with one attached hydrogen (secondary N) is 3. The van der Waals surface area contributed by atoms with Crippen molar-refractivity contribution in [3.8, 4) is 0 Å². The van der Waals surface area contributed by atoms with Crippen LogP contribution in [0.25, 0.3) is 0 Å². The van der Waals surface area contributed by atoms with Crippen LogP contribution in [-0.4, -0.2) is 72.0 Å². The van der Waals surface area contributed by atoms with Crippen LogP contribution in [0.2, 0.25) is 0 Å². The summed E-state index contributed by atoms with van der Waals surface area (Å²) >= 11 is 1.57. The largest absolute Gasteiger partial charge is 0.480 e. The first kappa shape index (κ1) is 27.1. The van der Waals surface area contributed by atoms with Gasteiger partial charge in [0, 0.05) is 0 Å². The highest BCUT2D eigenvalue weighted by atomic mass is 32.2. The highest BCUT2D eigenvalue weighted by molar-refractivity contribution is 7.98. The number of hydrogen-bond donors (Lipinski definition) is 6. The third kappa shape index (κ3) is 11.7. The van der Waals surface area contributed by atoms with Crippen molar-refractivity contribution >= 4 is 35.5 Å². The molecule has 0 aromatic heterocycles. The average Bonchev–Trinajstić information content (AvgIpc) is 2.66. The summed E-state index contributed by atoms with van der Waals surface area (Å²) in [5, 5.41) is 16.7. The van der Waals surface area contributed by atoms with Gasteiger partial charge in [0.25, 0.3) is 0 Å². The Kier molecular flexibility index (Phi) is 14.1. The second kappa shape index (κ2) is 15.1. The van der Waals surface area contributed by atoms with E-state index in [1.54, 1.807) is 25.6 Å². The molecule has 0 fully saturated rings. The van der Waals surface area contributed by atoms with Crippen molar-refractivity contribution < 1.29 is 24.3 Å². The van der Waals surface area contributed by atoms with Crippen LogP contribution in [0.5, 0.6) is 0 Å². The van der Waals surface area contributed by atoms with Gasteiger partial charge in [0.15, 0.2) is 0 Å². The lowest BCUT2D eigenvalue weighted by molar-refractivity contribution is -0.143. The molecule has 0 aromatic rings. The van der Waals surface area contributed by atoms with Gasteiger partial charge in [-0.2, -0.15) is 11.8 Å². The van der Waals surface area contributed by atoms with E-state index < -0.39 is 41.8 Å². The lowest BCUT2D eigenvalue weighted by atomic mass is 10.0. The maximum atomic E-state index is 12.5. The summed E-state index contributed by atoms with van der Waals surface area (Å²) in [5.74, 6) is -2.32. The van der Waals surface area contributed by atoms with Crippen molar-refractivity contribution in [2.75, 3.05) is 25.1 Å². The third-order valence-corrected chi connectivity index (χ3v) is 4.87. The first-order chi connectivity index (χ1) is 13.6. The predicted octanol–water partition coefficient (Wildman–Crippen LogP) is -0.978. The lowest BCUT2D eigenvalue weighted by Gasteiger charge is -2.23. The number of thioether (sulfide) groups is 1. The predicted molar refractivity (Wildman–Crippen MR) is 113 cm³/mol. The molecule has 0 bridgehead atoms. The van der Waals surface area contributed by atoms with Crippen molar-refractivity contribution in [2.45, 2.75) is 57.7 Å². The first-order valence-electron chi connectivity index (χ1n) is 9.68. The van der Waals surface area contributed by atoms with Crippen molar-refractivity contribution in [2.24, 2.45) is 17.4 Å². The van der Waals surface area contributed by atoms with Crippen LogP contribution < -0.4 is 27.4 Å². The Morgan fingerprint density at radius 2 is 1.69 bits per heavy atom. The van der Waals surface area contributed by atoms with E-state index in [9.17, 15) is 24.3 Å². The van der Waals surface area contributed by atoms with Gasteiger partial charge >= 0.3 is 5.97 Å². The molecule has 0 aliphatic rings. The molecule has 0 rings (SSSR count). The number of carboxylic acids is 1. The molecule has 10 nitrogen and oxygen atoms in total. The van der Waals surface area contributed by atoms with Gasteiger partial charge in [-0.1, -0.05) is 13.8 Å². The van der Waals surface area contributed by atoms with Crippen LogP contribution in [-0.2, 0) is 19.2 Å². The van der Waals surface area contributed by atoms with E-state index in [2.05, 4.69) is 16.0 Å². The summed E-state index contributed by atoms with van der Waals surface area (Å²) in [6.07, 6.45) is 3.94. The molecule has 0 aliphatic carbocycles. The quantitative estimate of drug-likeness (QED) is 0.179. The van der Waals surface area contributed by atoms with Crippen LogP contribution in [0.1, 0.15) is 39.5 Å². The number of unbranched alkanes of at least 4 members (excludes halogenated alkanes) is 1. The minimum atomic E-state index is -1.15. The van der Waals surface area contributed by atoms with E-state index in [-0.39, 0.29) is 12.5 Å². The number of nitrogens with two attached hydrogens (primary N) is 2. The SMILES string of the molecule is CSCCC(N)C(=O)NCC(=O)NC(CCCCN)C(=O)NC(C(=O)O)C(C)C. The van der Waals surface area contributed by atoms with E-state index in [1.807, 2.05) is 6.26 Å². The Hall–Kier alpha value is -1.85. The molecule has 0 aliphatic heterocycles. The van der Waals surface area contributed by atoms with E-state index >= 15 is 0 Å². The molecule has 11 heteroatoms. The highest BCUT2D eigenvalue weighted by Gasteiger charge is 2.28. The van der Waals surface area contributed by atoms with Crippen LogP contribution >= 0.6 is 11.8 Å². The average molecular weight is 434 g/mol. The Bertz CT molecular complexity index is 547. The number of carboxylic acid groups (broad SMARTS) is 1. The summed E-state index contributed by atoms with van der Waals surface area (Å²) < 4.78 is 0. The molecule has 168 valence electrons. The smallest absolute Gasteiger partial charge is 0.326 e. The van der Waals surface area contributed by atoms with Gasteiger partial charge in [-0.25, -0.2) is 4.79 Å². The fourth-order valence-electron chi connectivity index (χ4n) is 2.45. The number of carbonyl (C=O) groups excluding carboxylic acids is 3. The van der Waals surface area contributed by atoms with Gasteiger partial charge in [-0.15, -0.1) is 0 Å². The van der Waals surface area contributed by atoms with Crippen LogP contribution in [0.3, 0.4) is 0 Å². The van der Waals surface area contributed by atoms with Crippen molar-refractivity contribution in [3.63, 3.8) is 0 Å². The lowest BCUT2D eigenvalue weighted by Crippen LogP contribution is -2.54. The molecular formula is C18H35N5O5S. The summed E-state index contributed by atoms with van der Waals surface area (Å²) in [6, 6.07) is -2.69. The molecule has 3 atom stereocenters. The topological polar surface area (TPSA) is 177 Å². The molecule has 0 spiro atoms. The summed E-state index contributed by atoms with van der Waals surface area (Å²) in [4.78, 5) is 47.9. The Balaban J connectivity index is 4.82. The monoisotopic (exact) mass is 433 g/mol. The summed E-state index contributed by atoms with van der Waals surface area (Å²) in [6.45, 7) is 3.48. The van der Waals surface area contributed by atoms with E-state index in [0.717, 1.165) is 5.75 Å². The number of amides is 3. The molecule has 8 N–H and O–H groups in total. The Labute approximate surface area is 176 Å². The zero-order valence-electron chi connectivity index (χ0n) is 17.4. The molecule has 0 radical (unpaired) electrons. The summed E-state index contributed by atoms with van der Waals surface area (Å²) in [5.41, 5.74) is 11.2. The maximum Gasteiger partial charge on any atom is 0.326 e. The number of rotatable bonds is 15. The molecule has 0 heterocycles. The maximum absolute atomic E-state index is 12.5. The van der Waals surface area contributed by atoms with E-state index in [0.29, 0.717) is 32.2 Å². The van der Waals surface area contributed by atoms with Gasteiger partial charge in [-0.3, -0.25) is 14.4 Å². The van der Waals surface area contributed by atoms with E-state index in [4.69, 9.17) is 11.5 Å². The third-order valence-electron chi connectivity index (χ3n) is 4.22. The van der Waals surface area contributed by atoms with Crippen LogP contribution in [0.4, 0.5) is 0 Å². The zero-order chi connectivity index (χ0) is 22.4. The van der Waals surface area contributed by atoms with Crippen molar-refractivity contribution in [1.29, 1.82) is 0 Å². The molecule has 3 unspecified atom stereocenters. The van der Waals surface area contributed by atoms with E-state index in [1.165, 1.54) is 0 Å². The number of carbonyl (C=O) groups is 4. The van der Waals surface area contributed by atoms with Gasteiger partial charge in [0.05, 0.1) is 12.6 Å². The first-order valence-corrected chi connectivity index (χ1v) is 11.1. The zero-order valence-corrected chi connectivity index (χ0v) is 18.2.